The van der Waals surface area contributed by atoms with Crippen LogP contribution in [0.4, 0.5) is 0 Å². The molecule has 1 aliphatic rings. The number of ether oxygens (including phenoxy) is 2. The van der Waals surface area contributed by atoms with Crippen LogP contribution in [0.5, 0.6) is 5.75 Å². The molecule has 0 radical (unpaired) electrons. The number of benzene rings is 2. The molecular formula is C21H21BO7. The molecule has 0 amide bonds. The van der Waals surface area contributed by atoms with E-state index in [4.69, 9.17) is 14.1 Å². The molecule has 0 saturated heterocycles. The summed E-state index contributed by atoms with van der Waals surface area (Å²) in [4.78, 5) is 36.0. The van der Waals surface area contributed by atoms with Crippen molar-refractivity contribution in [3.05, 3.63) is 65.2 Å². The van der Waals surface area contributed by atoms with Crippen LogP contribution in [-0.2, 0) is 20.7 Å². The number of hydrogen-bond donors (Lipinski definition) is 1. The van der Waals surface area contributed by atoms with Crippen LogP contribution >= 0.6 is 0 Å². The number of ketones is 1. The molecule has 1 aliphatic heterocycles. The average Bonchev–Trinajstić information content (AvgIpc) is 2.74. The zero-order valence-corrected chi connectivity index (χ0v) is 16.0. The van der Waals surface area contributed by atoms with E-state index in [0.717, 1.165) is 0 Å². The number of Topliss-reactive ketones (excluding diaryl/α,β-unsaturated/α-hetero) is 1. The zero-order chi connectivity index (χ0) is 20.8. The van der Waals surface area contributed by atoms with Crippen molar-refractivity contribution in [2.24, 2.45) is 0 Å². The summed E-state index contributed by atoms with van der Waals surface area (Å²) in [6, 6.07) is 13.3. The smallest absolute Gasteiger partial charge is 0.526 e. The van der Waals surface area contributed by atoms with Gasteiger partial charge < -0.3 is 19.2 Å². The fraction of sp³-hybridized carbons (Fsp3) is 0.286. The summed E-state index contributed by atoms with van der Waals surface area (Å²) >= 11 is 0. The molecule has 1 N–H and O–H groups in total. The van der Waals surface area contributed by atoms with Crippen LogP contribution in [0.25, 0.3) is 0 Å². The van der Waals surface area contributed by atoms with E-state index in [1.807, 2.05) is 0 Å². The quantitative estimate of drug-likeness (QED) is 0.437. The molecule has 0 unspecified atom stereocenters. The van der Waals surface area contributed by atoms with Crippen molar-refractivity contribution in [2.45, 2.75) is 32.0 Å². The Morgan fingerprint density at radius 3 is 2.52 bits per heavy atom. The summed E-state index contributed by atoms with van der Waals surface area (Å²) in [6.07, 6.45) is 1.01. The Bertz CT molecular complexity index is 897. The van der Waals surface area contributed by atoms with Crippen LogP contribution in [0.1, 0.15) is 46.0 Å². The van der Waals surface area contributed by atoms with E-state index in [0.29, 0.717) is 24.0 Å². The summed E-state index contributed by atoms with van der Waals surface area (Å²) < 4.78 is 15.5. The van der Waals surface area contributed by atoms with Gasteiger partial charge in [0.05, 0.1) is 5.56 Å². The van der Waals surface area contributed by atoms with Gasteiger partial charge in [0, 0.05) is 18.7 Å². The predicted octanol–water partition coefficient (Wildman–Crippen LogP) is 2.81. The number of para-hydroxylation sites is 1. The average molecular weight is 396 g/mol. The SMILES string of the molecule is CCC(=O)C[C@H]1Cc2cccc(C(=O)OCOC(=O)c3ccccc3)c2OB1O. The summed E-state index contributed by atoms with van der Waals surface area (Å²) in [7, 11) is -1.19. The molecule has 2 aromatic carbocycles. The normalized spacial score (nSPS) is 15.1. The van der Waals surface area contributed by atoms with Gasteiger partial charge in [0.15, 0.2) is 0 Å². The highest BCUT2D eigenvalue weighted by molar-refractivity contribution is 6.47. The number of carbonyl (C=O) groups is 3. The lowest BCUT2D eigenvalue weighted by Crippen LogP contribution is -2.35. The van der Waals surface area contributed by atoms with E-state index in [2.05, 4.69) is 0 Å². The lowest BCUT2D eigenvalue weighted by Gasteiger charge is -2.28. The van der Waals surface area contributed by atoms with Crippen LogP contribution in [0, 0.1) is 0 Å². The minimum absolute atomic E-state index is 0.0388. The Morgan fingerprint density at radius 2 is 1.79 bits per heavy atom. The maximum atomic E-state index is 12.4. The van der Waals surface area contributed by atoms with Crippen molar-refractivity contribution in [2.75, 3.05) is 6.79 Å². The first kappa shape index (κ1) is 20.6. The third-order valence-corrected chi connectivity index (χ3v) is 4.71. The molecule has 0 fully saturated rings. The van der Waals surface area contributed by atoms with Gasteiger partial charge in [-0.15, -0.1) is 0 Å². The number of hydrogen-bond acceptors (Lipinski definition) is 7. The van der Waals surface area contributed by atoms with Crippen molar-refractivity contribution in [1.82, 2.24) is 0 Å². The summed E-state index contributed by atoms with van der Waals surface area (Å²) in [6.45, 7) is 1.22. The van der Waals surface area contributed by atoms with Gasteiger partial charge in [0.1, 0.15) is 17.1 Å². The largest absolute Gasteiger partial charge is 0.535 e. The molecule has 0 saturated carbocycles. The minimum Gasteiger partial charge on any atom is -0.535 e. The van der Waals surface area contributed by atoms with Crippen molar-refractivity contribution in [3.63, 3.8) is 0 Å². The minimum atomic E-state index is -1.19. The van der Waals surface area contributed by atoms with Crippen molar-refractivity contribution < 1.29 is 33.5 Å². The van der Waals surface area contributed by atoms with Gasteiger partial charge in [0.2, 0.25) is 6.79 Å². The predicted molar refractivity (Wildman–Crippen MR) is 105 cm³/mol. The fourth-order valence-electron chi connectivity index (χ4n) is 3.13. The van der Waals surface area contributed by atoms with E-state index in [9.17, 15) is 19.4 Å². The first-order valence-electron chi connectivity index (χ1n) is 9.37. The van der Waals surface area contributed by atoms with Gasteiger partial charge in [-0.1, -0.05) is 37.3 Å². The number of fused-ring (bicyclic) bond motifs is 1. The highest BCUT2D eigenvalue weighted by Gasteiger charge is 2.37. The molecule has 1 heterocycles. The van der Waals surface area contributed by atoms with E-state index in [1.165, 1.54) is 6.07 Å². The van der Waals surface area contributed by atoms with Gasteiger partial charge in [-0.3, -0.25) is 4.79 Å². The lowest BCUT2D eigenvalue weighted by atomic mass is 9.64. The standard InChI is InChI=1S/C21H21BO7/c1-2-17(23)12-16-11-15-9-6-10-18(19(15)29-22(16)26)21(25)28-13-27-20(24)14-7-4-3-5-8-14/h3-10,16,26H,2,11-13H2,1H3/t16-/m1/s1. The van der Waals surface area contributed by atoms with E-state index >= 15 is 0 Å². The molecule has 0 spiro atoms. The van der Waals surface area contributed by atoms with Gasteiger partial charge in [0.25, 0.3) is 0 Å². The molecule has 2 aromatic rings. The molecule has 8 heteroatoms. The van der Waals surface area contributed by atoms with Gasteiger partial charge in [-0.25, -0.2) is 9.59 Å². The third kappa shape index (κ3) is 5.03. The first-order chi connectivity index (χ1) is 14.0. The molecule has 150 valence electrons. The van der Waals surface area contributed by atoms with Crippen LogP contribution < -0.4 is 4.65 Å². The van der Waals surface area contributed by atoms with Crippen LogP contribution in [0.3, 0.4) is 0 Å². The molecule has 29 heavy (non-hydrogen) atoms. The van der Waals surface area contributed by atoms with E-state index in [-0.39, 0.29) is 29.3 Å². The number of esters is 2. The van der Waals surface area contributed by atoms with Crippen molar-refractivity contribution >= 4 is 24.8 Å². The second-order valence-corrected chi connectivity index (χ2v) is 6.71. The lowest BCUT2D eigenvalue weighted by molar-refractivity contribution is -0.118. The van der Waals surface area contributed by atoms with Crippen LogP contribution in [0.15, 0.2) is 48.5 Å². The first-order valence-corrected chi connectivity index (χ1v) is 9.37. The Balaban J connectivity index is 1.63. The third-order valence-electron chi connectivity index (χ3n) is 4.71. The topological polar surface area (TPSA) is 99.1 Å². The monoisotopic (exact) mass is 396 g/mol. The number of carbonyl (C=O) groups excluding carboxylic acids is 3. The maximum Gasteiger partial charge on any atom is 0.526 e. The maximum absolute atomic E-state index is 12.4. The summed E-state index contributed by atoms with van der Waals surface area (Å²) in [5.41, 5.74) is 1.18. The second kappa shape index (κ2) is 9.38. The molecular weight excluding hydrogens is 375 g/mol. The molecule has 1 atom stereocenters. The van der Waals surface area contributed by atoms with Gasteiger partial charge in [-0.05, 0) is 30.2 Å². The Morgan fingerprint density at radius 1 is 1.07 bits per heavy atom. The Kier molecular flexibility index (Phi) is 6.67. The molecule has 0 aliphatic carbocycles. The molecule has 3 rings (SSSR count). The van der Waals surface area contributed by atoms with Crippen LogP contribution in [-0.4, -0.2) is 36.7 Å². The molecule has 7 nitrogen and oxygen atoms in total. The summed E-state index contributed by atoms with van der Waals surface area (Å²) in [5.74, 6) is -1.45. The van der Waals surface area contributed by atoms with Gasteiger partial charge in [-0.2, -0.15) is 0 Å². The zero-order valence-electron chi connectivity index (χ0n) is 16.0. The second-order valence-electron chi connectivity index (χ2n) is 6.71. The van der Waals surface area contributed by atoms with E-state index < -0.39 is 25.8 Å². The highest BCUT2D eigenvalue weighted by atomic mass is 16.7. The fourth-order valence-corrected chi connectivity index (χ4v) is 3.13. The van der Waals surface area contributed by atoms with Crippen molar-refractivity contribution in [1.29, 1.82) is 0 Å². The Hall–Kier alpha value is -3.13. The molecule has 0 aromatic heterocycles. The van der Waals surface area contributed by atoms with Crippen molar-refractivity contribution in [3.8, 4) is 5.75 Å². The molecule has 0 bridgehead atoms. The van der Waals surface area contributed by atoms with Gasteiger partial charge >= 0.3 is 19.1 Å². The van der Waals surface area contributed by atoms with Crippen LogP contribution in [0.2, 0.25) is 5.82 Å². The van der Waals surface area contributed by atoms with E-state index in [1.54, 1.807) is 49.4 Å². The Labute approximate surface area is 168 Å². The number of rotatable bonds is 7. The highest BCUT2D eigenvalue weighted by Crippen LogP contribution is 2.36. The summed E-state index contributed by atoms with van der Waals surface area (Å²) in [5, 5.41) is 10.2.